The quantitative estimate of drug-likeness (QED) is 0.766. The molecule has 2 amide bonds. The van der Waals surface area contributed by atoms with Crippen molar-refractivity contribution in [3.8, 4) is 6.07 Å². The predicted octanol–water partition coefficient (Wildman–Crippen LogP) is 1.44. The second-order valence-corrected chi connectivity index (χ2v) is 3.92. The van der Waals surface area contributed by atoms with Gasteiger partial charge in [0.05, 0.1) is 23.4 Å². The van der Waals surface area contributed by atoms with Crippen molar-refractivity contribution in [1.82, 2.24) is 15.8 Å². The molecule has 0 fully saturated rings. The molecule has 0 aromatic carbocycles. The molecule has 1 aromatic heterocycles. The molecule has 6 nitrogen and oxygen atoms in total. The largest absolute Gasteiger partial charge is 0.361 e. The van der Waals surface area contributed by atoms with E-state index in [-0.39, 0.29) is 6.03 Å². The molecule has 2 N–H and O–H groups in total. The zero-order chi connectivity index (χ0) is 12.6. The van der Waals surface area contributed by atoms with E-state index in [9.17, 15) is 4.79 Å². The van der Waals surface area contributed by atoms with Gasteiger partial charge in [-0.15, -0.1) is 0 Å². The van der Waals surface area contributed by atoms with Crippen LogP contribution >= 0.6 is 0 Å². The number of nitrogens with one attached hydrogen (secondary N) is 2. The Kier molecular flexibility index (Phi) is 2.60. The Hall–Kier alpha value is -2.29. The molecule has 1 unspecified atom stereocenters. The monoisotopic (exact) mass is 232 g/mol. The number of hydrogen-bond donors (Lipinski definition) is 2. The lowest BCUT2D eigenvalue weighted by atomic mass is 9.95. The first-order valence-corrected chi connectivity index (χ1v) is 5.15. The maximum absolute atomic E-state index is 11.4. The van der Waals surface area contributed by atoms with Crippen LogP contribution in [0.15, 0.2) is 15.8 Å². The first-order valence-electron chi connectivity index (χ1n) is 5.15. The van der Waals surface area contributed by atoms with Gasteiger partial charge in [-0.2, -0.15) is 5.26 Å². The van der Waals surface area contributed by atoms with Gasteiger partial charge >= 0.3 is 6.03 Å². The summed E-state index contributed by atoms with van der Waals surface area (Å²) in [5, 5.41) is 18.2. The fourth-order valence-electron chi connectivity index (χ4n) is 1.96. The van der Waals surface area contributed by atoms with Crippen LogP contribution in [0.4, 0.5) is 4.79 Å². The predicted molar refractivity (Wildman–Crippen MR) is 58.7 cm³/mol. The molecule has 2 rings (SSSR count). The summed E-state index contributed by atoms with van der Waals surface area (Å²) in [4.78, 5) is 11.4. The third-order valence-electron chi connectivity index (χ3n) is 2.77. The SMILES string of the molecule is CC1=C(C#N)C(c2c(C)noc2C)NC(=O)N1. The van der Waals surface area contributed by atoms with Crippen molar-refractivity contribution in [3.05, 3.63) is 28.3 Å². The lowest BCUT2D eigenvalue weighted by molar-refractivity contribution is 0.239. The van der Waals surface area contributed by atoms with E-state index < -0.39 is 6.04 Å². The second kappa shape index (κ2) is 3.94. The number of amides is 2. The molecule has 0 saturated carbocycles. The average Bonchev–Trinajstić information content (AvgIpc) is 2.57. The van der Waals surface area contributed by atoms with Crippen molar-refractivity contribution in [2.45, 2.75) is 26.8 Å². The fourth-order valence-corrected chi connectivity index (χ4v) is 1.96. The highest BCUT2D eigenvalue weighted by Crippen LogP contribution is 2.30. The van der Waals surface area contributed by atoms with Crippen molar-refractivity contribution in [1.29, 1.82) is 5.26 Å². The number of nitriles is 1. The zero-order valence-corrected chi connectivity index (χ0v) is 9.79. The topological polar surface area (TPSA) is 91.0 Å². The van der Waals surface area contributed by atoms with Crippen LogP contribution in [0.1, 0.15) is 30.0 Å². The van der Waals surface area contributed by atoms with Gasteiger partial charge in [-0.25, -0.2) is 4.79 Å². The van der Waals surface area contributed by atoms with Crippen LogP contribution < -0.4 is 10.6 Å². The molecule has 0 saturated heterocycles. The zero-order valence-electron chi connectivity index (χ0n) is 9.79. The summed E-state index contributed by atoms with van der Waals surface area (Å²) in [6.45, 7) is 5.24. The summed E-state index contributed by atoms with van der Waals surface area (Å²) in [7, 11) is 0. The van der Waals surface area contributed by atoms with Crippen LogP contribution in [0.3, 0.4) is 0 Å². The normalized spacial score (nSPS) is 19.6. The third kappa shape index (κ3) is 1.76. The van der Waals surface area contributed by atoms with Gasteiger partial charge < -0.3 is 15.2 Å². The summed E-state index contributed by atoms with van der Waals surface area (Å²) in [5.74, 6) is 0.607. The fraction of sp³-hybridized carbons (Fsp3) is 0.364. The first-order chi connectivity index (χ1) is 8.04. The van der Waals surface area contributed by atoms with Gasteiger partial charge in [0.1, 0.15) is 5.76 Å². The molecule has 0 radical (unpaired) electrons. The molecular formula is C11H12N4O2. The molecule has 17 heavy (non-hydrogen) atoms. The first kappa shape index (κ1) is 11.2. The smallest absolute Gasteiger partial charge is 0.319 e. The molecule has 0 spiro atoms. The van der Waals surface area contributed by atoms with Gasteiger partial charge in [0.2, 0.25) is 0 Å². The van der Waals surface area contributed by atoms with Gasteiger partial charge in [0, 0.05) is 11.3 Å². The Balaban J connectivity index is 2.55. The molecule has 2 heterocycles. The van der Waals surface area contributed by atoms with Crippen molar-refractivity contribution in [2.75, 3.05) is 0 Å². The number of aromatic nitrogens is 1. The van der Waals surface area contributed by atoms with Crippen molar-refractivity contribution in [2.24, 2.45) is 0 Å². The third-order valence-corrected chi connectivity index (χ3v) is 2.77. The van der Waals surface area contributed by atoms with Gasteiger partial charge in [0.25, 0.3) is 0 Å². The van der Waals surface area contributed by atoms with Crippen LogP contribution in [0.25, 0.3) is 0 Å². The maximum atomic E-state index is 11.4. The number of carbonyl (C=O) groups excluding carboxylic acids is 1. The molecule has 1 aliphatic rings. The average molecular weight is 232 g/mol. The molecule has 1 aromatic rings. The second-order valence-electron chi connectivity index (χ2n) is 3.92. The molecule has 1 atom stereocenters. The summed E-state index contributed by atoms with van der Waals surface area (Å²) < 4.78 is 5.06. The van der Waals surface area contributed by atoms with E-state index in [1.807, 2.05) is 0 Å². The number of urea groups is 1. The van der Waals surface area contributed by atoms with Crippen molar-refractivity contribution >= 4 is 6.03 Å². The van der Waals surface area contributed by atoms with E-state index in [0.717, 1.165) is 5.56 Å². The minimum absolute atomic E-state index is 0.327. The molecule has 1 aliphatic heterocycles. The standard InChI is InChI=1S/C11H12N4O2/c1-5-8(4-12)10(14-11(16)13-5)9-6(2)15-17-7(9)3/h10H,1-3H3,(H2,13,14,16). The number of carbonyl (C=O) groups is 1. The Morgan fingerprint density at radius 1 is 1.41 bits per heavy atom. The van der Waals surface area contributed by atoms with Crippen LogP contribution in [-0.4, -0.2) is 11.2 Å². The molecular weight excluding hydrogens is 220 g/mol. The minimum Gasteiger partial charge on any atom is -0.361 e. The lowest BCUT2D eigenvalue weighted by Crippen LogP contribution is -2.43. The van der Waals surface area contributed by atoms with E-state index in [4.69, 9.17) is 9.78 Å². The van der Waals surface area contributed by atoms with Crippen molar-refractivity contribution in [3.63, 3.8) is 0 Å². The van der Waals surface area contributed by atoms with Gasteiger partial charge in [-0.05, 0) is 20.8 Å². The number of hydrogen-bond acceptors (Lipinski definition) is 4. The molecule has 6 heteroatoms. The van der Waals surface area contributed by atoms with Crippen molar-refractivity contribution < 1.29 is 9.32 Å². The van der Waals surface area contributed by atoms with Crippen LogP contribution in [-0.2, 0) is 0 Å². The number of aryl methyl sites for hydroxylation is 2. The Morgan fingerprint density at radius 3 is 2.65 bits per heavy atom. The summed E-state index contributed by atoms with van der Waals surface area (Å²) in [6.07, 6.45) is 0. The summed E-state index contributed by atoms with van der Waals surface area (Å²) in [5.41, 5.74) is 2.45. The highest BCUT2D eigenvalue weighted by atomic mass is 16.5. The number of allylic oxidation sites excluding steroid dienone is 1. The molecule has 0 bridgehead atoms. The highest BCUT2D eigenvalue weighted by molar-refractivity contribution is 5.79. The maximum Gasteiger partial charge on any atom is 0.319 e. The number of nitrogens with zero attached hydrogens (tertiary/aromatic N) is 2. The van der Waals surface area contributed by atoms with E-state index in [2.05, 4.69) is 21.9 Å². The van der Waals surface area contributed by atoms with E-state index in [1.54, 1.807) is 20.8 Å². The highest BCUT2D eigenvalue weighted by Gasteiger charge is 2.30. The van der Waals surface area contributed by atoms with E-state index in [1.165, 1.54) is 0 Å². The summed E-state index contributed by atoms with van der Waals surface area (Å²) >= 11 is 0. The Bertz CT molecular complexity index is 531. The summed E-state index contributed by atoms with van der Waals surface area (Å²) in [6, 6.07) is 1.29. The Labute approximate surface area is 98.3 Å². The van der Waals surface area contributed by atoms with Gasteiger partial charge in [-0.3, -0.25) is 0 Å². The molecule has 88 valence electrons. The van der Waals surface area contributed by atoms with E-state index >= 15 is 0 Å². The lowest BCUT2D eigenvalue weighted by Gasteiger charge is -2.25. The van der Waals surface area contributed by atoms with Gasteiger partial charge in [0.15, 0.2) is 0 Å². The number of rotatable bonds is 1. The van der Waals surface area contributed by atoms with Crippen LogP contribution in [0.2, 0.25) is 0 Å². The van der Waals surface area contributed by atoms with Crippen LogP contribution in [0, 0.1) is 25.2 Å². The Morgan fingerprint density at radius 2 is 2.12 bits per heavy atom. The molecule has 0 aliphatic carbocycles. The minimum atomic E-state index is -0.486. The van der Waals surface area contributed by atoms with Crippen LogP contribution in [0.5, 0.6) is 0 Å². The van der Waals surface area contributed by atoms with Gasteiger partial charge in [-0.1, -0.05) is 5.16 Å². The van der Waals surface area contributed by atoms with E-state index in [0.29, 0.717) is 22.7 Å².